The van der Waals surface area contributed by atoms with Gasteiger partial charge in [-0.15, -0.1) is 0 Å². The minimum Gasteiger partial charge on any atom is -0.481 e. The number of carbonyl (C=O) groups is 1. The van der Waals surface area contributed by atoms with Gasteiger partial charge in [-0.25, -0.2) is 4.98 Å². The van der Waals surface area contributed by atoms with Crippen LogP contribution in [0.1, 0.15) is 68.8 Å². The molecule has 0 saturated heterocycles. The van der Waals surface area contributed by atoms with Crippen LogP contribution in [0.4, 0.5) is 18.9 Å². The van der Waals surface area contributed by atoms with Crippen LogP contribution < -0.4 is 5.32 Å². The topological polar surface area (TPSA) is 121 Å². The molecule has 4 N–H and O–H groups in total. The summed E-state index contributed by atoms with van der Waals surface area (Å²) in [6.07, 6.45) is -1.91. The zero-order valence-corrected chi connectivity index (χ0v) is 19.3. The van der Waals surface area contributed by atoms with Crippen LogP contribution in [0.15, 0.2) is 36.5 Å². The molecule has 1 fully saturated rings. The molecule has 188 valence electrons. The lowest BCUT2D eigenvalue weighted by molar-refractivity contribution is -0.143. The van der Waals surface area contributed by atoms with Crippen molar-refractivity contribution in [3.8, 4) is 0 Å². The zero-order valence-electron chi connectivity index (χ0n) is 19.3. The number of pyridine rings is 1. The van der Waals surface area contributed by atoms with Gasteiger partial charge < -0.3 is 20.6 Å². The summed E-state index contributed by atoms with van der Waals surface area (Å²) in [6, 6.07) is 6.65. The first kappa shape index (κ1) is 24.9. The van der Waals surface area contributed by atoms with Gasteiger partial charge in [-0.2, -0.15) is 18.3 Å². The number of aromatic nitrogens is 3. The van der Waals surface area contributed by atoms with Crippen LogP contribution in [0.5, 0.6) is 0 Å². The van der Waals surface area contributed by atoms with Crippen LogP contribution in [0.2, 0.25) is 0 Å². The van der Waals surface area contributed by atoms with E-state index in [1.807, 2.05) is 6.20 Å². The Morgan fingerprint density at radius 1 is 1.17 bits per heavy atom. The van der Waals surface area contributed by atoms with Crippen molar-refractivity contribution < 1.29 is 33.3 Å². The Balaban J connectivity index is 1.64. The number of carboxylic acids is 1. The predicted molar refractivity (Wildman–Crippen MR) is 121 cm³/mol. The summed E-state index contributed by atoms with van der Waals surface area (Å²) in [4.78, 5) is 14.8. The number of rotatable bonds is 6. The van der Waals surface area contributed by atoms with E-state index in [1.165, 1.54) is 12.1 Å². The third-order valence-electron chi connectivity index (χ3n) is 6.37. The molecule has 1 saturated carbocycles. The maximum atomic E-state index is 13.0. The van der Waals surface area contributed by atoms with Crippen LogP contribution in [-0.2, 0) is 16.6 Å². The molecule has 0 radical (unpaired) electrons. The fourth-order valence-electron chi connectivity index (χ4n) is 4.47. The molecule has 4 rings (SSSR count). The lowest BCUT2D eigenvalue weighted by atomic mass is 9.86. The van der Waals surface area contributed by atoms with E-state index in [-0.39, 0.29) is 17.7 Å². The van der Waals surface area contributed by atoms with E-state index in [0.29, 0.717) is 47.8 Å². The van der Waals surface area contributed by atoms with E-state index >= 15 is 0 Å². The number of aliphatic hydroxyl groups excluding tert-OH is 1. The summed E-state index contributed by atoms with van der Waals surface area (Å²) in [5, 5.41) is 38.7. The minimum atomic E-state index is -4.65. The highest BCUT2D eigenvalue weighted by molar-refractivity contribution is 5.84. The molecule has 0 amide bonds. The Kier molecular flexibility index (Phi) is 6.50. The SMILES string of the molecule is CC(C)(O)c1cc2nn([C@H]3CC[C@H](C(=O)O)CC3)cc2cc1NC(O)c1cccc(C(F)(F)F)n1. The Morgan fingerprint density at radius 3 is 2.46 bits per heavy atom. The largest absolute Gasteiger partial charge is 0.481 e. The molecular formula is C24H27F3N4O4. The number of aliphatic carboxylic acids is 1. The van der Waals surface area contributed by atoms with Gasteiger partial charge in [-0.3, -0.25) is 9.48 Å². The highest BCUT2D eigenvalue weighted by Crippen LogP contribution is 2.36. The number of fused-ring (bicyclic) bond motifs is 1. The molecule has 1 aromatic carbocycles. The van der Waals surface area contributed by atoms with Crippen LogP contribution in [0.25, 0.3) is 10.9 Å². The Morgan fingerprint density at radius 2 is 1.86 bits per heavy atom. The number of halogens is 3. The number of hydrogen-bond acceptors (Lipinski definition) is 6. The first-order valence-corrected chi connectivity index (χ1v) is 11.3. The van der Waals surface area contributed by atoms with E-state index in [4.69, 9.17) is 0 Å². The van der Waals surface area contributed by atoms with Gasteiger partial charge in [0, 0.05) is 22.8 Å². The average molecular weight is 492 g/mol. The molecule has 1 unspecified atom stereocenters. The van der Waals surface area contributed by atoms with Crippen molar-refractivity contribution in [3.63, 3.8) is 0 Å². The number of aliphatic hydroxyl groups is 2. The number of hydrogen-bond donors (Lipinski definition) is 4. The highest BCUT2D eigenvalue weighted by Gasteiger charge is 2.33. The Labute approximate surface area is 199 Å². The second-order valence-corrected chi connectivity index (χ2v) is 9.46. The maximum Gasteiger partial charge on any atom is 0.433 e. The molecule has 2 heterocycles. The number of alkyl halides is 3. The third kappa shape index (κ3) is 5.40. The van der Waals surface area contributed by atoms with E-state index in [1.54, 1.807) is 30.7 Å². The smallest absolute Gasteiger partial charge is 0.433 e. The van der Waals surface area contributed by atoms with Gasteiger partial charge in [0.15, 0.2) is 6.23 Å². The minimum absolute atomic E-state index is 0.0416. The quantitative estimate of drug-likeness (QED) is 0.371. The summed E-state index contributed by atoms with van der Waals surface area (Å²) in [5.74, 6) is -1.13. The van der Waals surface area contributed by atoms with Crippen LogP contribution in [-0.4, -0.2) is 36.1 Å². The maximum absolute atomic E-state index is 13.0. The lowest BCUT2D eigenvalue weighted by Gasteiger charge is -2.26. The molecule has 3 aromatic rings. The number of nitrogens with one attached hydrogen (secondary N) is 1. The fraction of sp³-hybridized carbons (Fsp3) is 0.458. The normalized spacial score (nSPS) is 20.1. The Bertz CT molecular complexity index is 1230. The van der Waals surface area contributed by atoms with Crippen molar-refractivity contribution >= 4 is 22.6 Å². The first-order valence-electron chi connectivity index (χ1n) is 11.3. The zero-order chi connectivity index (χ0) is 25.5. The molecule has 0 bridgehead atoms. The van der Waals surface area contributed by atoms with Crippen LogP contribution in [0.3, 0.4) is 0 Å². The molecule has 0 spiro atoms. The van der Waals surface area contributed by atoms with Gasteiger partial charge in [0.25, 0.3) is 0 Å². The molecule has 0 aliphatic heterocycles. The summed E-state index contributed by atoms with van der Waals surface area (Å²) < 4.78 is 40.9. The van der Waals surface area contributed by atoms with Crippen LogP contribution >= 0.6 is 0 Å². The monoisotopic (exact) mass is 492 g/mol. The molecular weight excluding hydrogens is 465 g/mol. The predicted octanol–water partition coefficient (Wildman–Crippen LogP) is 4.60. The van der Waals surface area contributed by atoms with Crippen molar-refractivity contribution in [1.82, 2.24) is 14.8 Å². The standard InChI is InChI=1S/C24H27F3N4O4/c1-23(2,35)16-11-18-14(12-31(30-18)15-8-6-13(7-9-15)22(33)34)10-19(16)29-21(32)17-4-3-5-20(28-17)24(25,26)27/h3-5,10-13,15,21,29,32,35H,6-9H2,1-2H3,(H,33,34)/t13-,15-,21?. The third-order valence-corrected chi connectivity index (χ3v) is 6.37. The molecule has 1 aliphatic carbocycles. The molecule has 2 aromatic heterocycles. The summed E-state index contributed by atoms with van der Waals surface area (Å²) in [5.41, 5.74) is -1.36. The average Bonchev–Trinajstić information content (AvgIpc) is 3.20. The number of nitrogens with zero attached hydrogens (tertiary/aromatic N) is 3. The number of benzene rings is 1. The van der Waals surface area contributed by atoms with E-state index in [0.717, 1.165) is 6.07 Å². The second kappa shape index (κ2) is 9.12. The Hall–Kier alpha value is -3.18. The summed E-state index contributed by atoms with van der Waals surface area (Å²) in [7, 11) is 0. The first-order chi connectivity index (χ1) is 16.3. The van der Waals surface area contributed by atoms with Gasteiger partial charge in [0.2, 0.25) is 0 Å². The fourth-order valence-corrected chi connectivity index (χ4v) is 4.47. The van der Waals surface area contributed by atoms with Crippen molar-refractivity contribution in [2.75, 3.05) is 5.32 Å². The summed E-state index contributed by atoms with van der Waals surface area (Å²) >= 11 is 0. The van der Waals surface area contributed by atoms with Gasteiger partial charge >= 0.3 is 12.1 Å². The van der Waals surface area contributed by atoms with E-state index in [2.05, 4.69) is 15.4 Å². The van der Waals surface area contributed by atoms with Crippen molar-refractivity contribution in [1.29, 1.82) is 0 Å². The van der Waals surface area contributed by atoms with Gasteiger partial charge in [-0.1, -0.05) is 6.07 Å². The molecule has 1 aliphatic rings. The van der Waals surface area contributed by atoms with Crippen LogP contribution in [0, 0.1) is 5.92 Å². The second-order valence-electron chi connectivity index (χ2n) is 9.46. The van der Waals surface area contributed by atoms with Gasteiger partial charge in [0.05, 0.1) is 28.8 Å². The lowest BCUT2D eigenvalue weighted by Crippen LogP contribution is -2.23. The molecule has 1 atom stereocenters. The van der Waals surface area contributed by atoms with Gasteiger partial charge in [-0.05, 0) is 63.8 Å². The van der Waals surface area contributed by atoms with E-state index in [9.17, 15) is 33.3 Å². The molecule has 11 heteroatoms. The van der Waals surface area contributed by atoms with E-state index < -0.39 is 29.7 Å². The van der Waals surface area contributed by atoms with Crippen molar-refractivity contribution in [3.05, 3.63) is 53.5 Å². The number of carboxylic acid groups (broad SMARTS) is 1. The molecule has 35 heavy (non-hydrogen) atoms. The van der Waals surface area contributed by atoms with Gasteiger partial charge in [0.1, 0.15) is 5.69 Å². The van der Waals surface area contributed by atoms with Crippen molar-refractivity contribution in [2.45, 2.75) is 63.6 Å². The summed E-state index contributed by atoms with van der Waals surface area (Å²) in [6.45, 7) is 3.11. The number of anilines is 1. The highest BCUT2D eigenvalue weighted by atomic mass is 19.4. The molecule has 8 nitrogen and oxygen atoms in total. The van der Waals surface area contributed by atoms with Crippen molar-refractivity contribution in [2.24, 2.45) is 5.92 Å².